The number of nitrogens with zero attached hydrogens (tertiary/aromatic N) is 1. The summed E-state index contributed by atoms with van der Waals surface area (Å²) in [5.74, 6) is -0.160. The van der Waals surface area contributed by atoms with Gasteiger partial charge in [-0.3, -0.25) is 19.7 Å². The maximum Gasteiger partial charge on any atom is 0.255 e. The number of nitrogens with one attached hydrogen (secondary N) is 2. The molecule has 0 radical (unpaired) electrons. The number of hydrogen-bond donors (Lipinski definition) is 3. The van der Waals surface area contributed by atoms with E-state index < -0.39 is 6.04 Å². The maximum atomic E-state index is 12.7. The summed E-state index contributed by atoms with van der Waals surface area (Å²) in [5.41, 5.74) is 8.30. The lowest BCUT2D eigenvalue weighted by Gasteiger charge is -2.29. The normalized spacial score (nSPS) is 20.6. The molecule has 2 aliphatic heterocycles. The van der Waals surface area contributed by atoms with Gasteiger partial charge in [0.1, 0.15) is 6.04 Å². The van der Waals surface area contributed by atoms with E-state index in [2.05, 4.69) is 17.6 Å². The summed E-state index contributed by atoms with van der Waals surface area (Å²) in [6.45, 7) is 5.03. The molecule has 27 heavy (non-hydrogen) atoms. The molecular weight excluding hydrogens is 344 g/mol. The molecule has 1 unspecified atom stereocenters. The van der Waals surface area contributed by atoms with Gasteiger partial charge in [0.25, 0.3) is 5.91 Å². The zero-order chi connectivity index (χ0) is 19.4. The number of imide groups is 1. The van der Waals surface area contributed by atoms with Crippen LogP contribution in [0, 0.1) is 5.92 Å². The topological polar surface area (TPSA) is 105 Å². The monoisotopic (exact) mass is 372 g/mol. The van der Waals surface area contributed by atoms with Crippen molar-refractivity contribution < 1.29 is 14.4 Å². The molecule has 4 N–H and O–H groups in total. The summed E-state index contributed by atoms with van der Waals surface area (Å²) >= 11 is 0. The molecule has 0 aliphatic carbocycles. The van der Waals surface area contributed by atoms with Crippen LogP contribution in [-0.4, -0.2) is 41.8 Å². The number of rotatable bonds is 8. The van der Waals surface area contributed by atoms with Gasteiger partial charge in [0.05, 0.1) is 0 Å². The van der Waals surface area contributed by atoms with E-state index in [9.17, 15) is 14.4 Å². The number of piperidine rings is 1. The van der Waals surface area contributed by atoms with Crippen LogP contribution in [0.2, 0.25) is 0 Å². The highest BCUT2D eigenvalue weighted by Gasteiger charge is 2.38. The van der Waals surface area contributed by atoms with E-state index in [0.29, 0.717) is 24.4 Å². The summed E-state index contributed by atoms with van der Waals surface area (Å²) in [5, 5.41) is 5.77. The maximum absolute atomic E-state index is 12.7. The molecule has 1 aromatic carbocycles. The Balaban J connectivity index is 1.57. The molecule has 2 atom stereocenters. The van der Waals surface area contributed by atoms with Gasteiger partial charge in [0, 0.05) is 25.1 Å². The highest BCUT2D eigenvalue weighted by atomic mass is 16.2. The molecule has 1 saturated heterocycles. The minimum atomic E-state index is -0.562. The fraction of sp³-hybridized carbons (Fsp3) is 0.550. The van der Waals surface area contributed by atoms with Crippen LogP contribution in [0.4, 0.5) is 0 Å². The second-order valence-electron chi connectivity index (χ2n) is 7.54. The summed E-state index contributed by atoms with van der Waals surface area (Å²) in [7, 11) is 0. The van der Waals surface area contributed by atoms with Gasteiger partial charge in [0.15, 0.2) is 0 Å². The van der Waals surface area contributed by atoms with E-state index in [0.717, 1.165) is 43.6 Å². The average molecular weight is 372 g/mol. The molecule has 146 valence electrons. The van der Waals surface area contributed by atoms with Crippen molar-refractivity contribution in [3.05, 3.63) is 34.9 Å². The Bertz CT molecular complexity index is 734. The van der Waals surface area contributed by atoms with Crippen molar-refractivity contribution in [1.82, 2.24) is 15.5 Å². The molecule has 1 aromatic rings. The number of amides is 3. The summed E-state index contributed by atoms with van der Waals surface area (Å²) in [6.07, 6.45) is 2.79. The summed E-state index contributed by atoms with van der Waals surface area (Å²) < 4.78 is 0. The van der Waals surface area contributed by atoms with Crippen molar-refractivity contribution in [2.45, 2.75) is 51.7 Å². The van der Waals surface area contributed by atoms with Gasteiger partial charge >= 0.3 is 0 Å². The second-order valence-corrected chi connectivity index (χ2v) is 7.54. The second kappa shape index (κ2) is 8.63. The predicted molar refractivity (Wildman–Crippen MR) is 102 cm³/mol. The van der Waals surface area contributed by atoms with Crippen LogP contribution in [0.25, 0.3) is 0 Å². The Kier molecular flexibility index (Phi) is 6.23. The molecular formula is C20H28N4O3. The van der Waals surface area contributed by atoms with Crippen molar-refractivity contribution in [3.8, 4) is 0 Å². The lowest BCUT2D eigenvalue weighted by Crippen LogP contribution is -2.52. The van der Waals surface area contributed by atoms with Crippen LogP contribution in [-0.2, 0) is 22.7 Å². The molecule has 2 aliphatic rings. The van der Waals surface area contributed by atoms with Gasteiger partial charge in [-0.25, -0.2) is 0 Å². The molecule has 0 aromatic heterocycles. The Morgan fingerprint density at radius 3 is 2.85 bits per heavy atom. The molecule has 1 fully saturated rings. The molecule has 3 rings (SSSR count). The van der Waals surface area contributed by atoms with E-state index in [1.54, 1.807) is 4.90 Å². The van der Waals surface area contributed by atoms with Crippen molar-refractivity contribution in [2.75, 3.05) is 13.1 Å². The van der Waals surface area contributed by atoms with Crippen LogP contribution < -0.4 is 16.4 Å². The highest BCUT2D eigenvalue weighted by molar-refractivity contribution is 6.05. The van der Waals surface area contributed by atoms with Crippen LogP contribution in [0.3, 0.4) is 0 Å². The first kappa shape index (κ1) is 19.5. The molecule has 0 bridgehead atoms. The zero-order valence-electron chi connectivity index (χ0n) is 15.8. The minimum Gasteiger partial charge on any atom is -0.330 e. The fourth-order valence-electron chi connectivity index (χ4n) is 3.75. The molecule has 0 saturated carbocycles. The van der Waals surface area contributed by atoms with Gasteiger partial charge in [-0.05, 0) is 55.5 Å². The third kappa shape index (κ3) is 4.54. The van der Waals surface area contributed by atoms with Gasteiger partial charge in [0.2, 0.25) is 11.8 Å². The van der Waals surface area contributed by atoms with E-state index in [1.165, 1.54) is 0 Å². The lowest BCUT2D eigenvalue weighted by molar-refractivity contribution is -0.136. The molecule has 3 amide bonds. The van der Waals surface area contributed by atoms with Gasteiger partial charge in [-0.1, -0.05) is 19.1 Å². The smallest absolute Gasteiger partial charge is 0.255 e. The van der Waals surface area contributed by atoms with Crippen LogP contribution in [0.15, 0.2) is 18.2 Å². The Hall–Kier alpha value is -2.25. The summed E-state index contributed by atoms with van der Waals surface area (Å²) in [4.78, 5) is 37.7. The minimum absolute atomic E-state index is 0.130. The van der Waals surface area contributed by atoms with E-state index in [-0.39, 0.29) is 24.1 Å². The first-order valence-corrected chi connectivity index (χ1v) is 9.67. The zero-order valence-corrected chi connectivity index (χ0v) is 15.8. The lowest BCUT2D eigenvalue weighted by atomic mass is 10.0. The van der Waals surface area contributed by atoms with Crippen LogP contribution in [0.5, 0.6) is 0 Å². The third-order valence-electron chi connectivity index (χ3n) is 5.39. The van der Waals surface area contributed by atoms with Gasteiger partial charge in [-0.15, -0.1) is 0 Å². The van der Waals surface area contributed by atoms with E-state index >= 15 is 0 Å². The van der Waals surface area contributed by atoms with Crippen molar-refractivity contribution in [1.29, 1.82) is 0 Å². The predicted octanol–water partition coefficient (Wildman–Crippen LogP) is 0.912. The molecule has 7 heteroatoms. The first-order valence-electron chi connectivity index (χ1n) is 9.67. The third-order valence-corrected chi connectivity index (χ3v) is 5.39. The number of nitrogens with two attached hydrogens (primary N) is 1. The van der Waals surface area contributed by atoms with Gasteiger partial charge < -0.3 is 16.0 Å². The first-order chi connectivity index (χ1) is 13.0. The quantitative estimate of drug-likeness (QED) is 0.465. The Morgan fingerprint density at radius 2 is 2.11 bits per heavy atom. The molecule has 2 heterocycles. The number of hydrogen-bond acceptors (Lipinski definition) is 5. The summed E-state index contributed by atoms with van der Waals surface area (Å²) in [6, 6.07) is 5.28. The van der Waals surface area contributed by atoms with E-state index in [4.69, 9.17) is 5.73 Å². The van der Waals surface area contributed by atoms with Crippen molar-refractivity contribution in [2.24, 2.45) is 11.7 Å². The number of carbonyl (C=O) groups excluding carboxylic acids is 3. The fourth-order valence-corrected chi connectivity index (χ4v) is 3.75. The van der Waals surface area contributed by atoms with Crippen LogP contribution in [0.1, 0.15) is 54.1 Å². The van der Waals surface area contributed by atoms with Crippen molar-refractivity contribution >= 4 is 17.7 Å². The number of carbonyl (C=O) groups is 3. The Morgan fingerprint density at radius 1 is 1.30 bits per heavy atom. The SMILES string of the molecule is C[C@@H](CCN)CCNCc1ccc2c(c1)CN(C1CCC(=O)NC1=O)C2=O. The molecule has 0 spiro atoms. The number of fused-ring (bicyclic) bond motifs is 1. The molecule has 7 nitrogen and oxygen atoms in total. The van der Waals surface area contributed by atoms with E-state index in [1.807, 2.05) is 18.2 Å². The number of benzene rings is 1. The van der Waals surface area contributed by atoms with Gasteiger partial charge in [-0.2, -0.15) is 0 Å². The highest BCUT2D eigenvalue weighted by Crippen LogP contribution is 2.28. The van der Waals surface area contributed by atoms with Crippen molar-refractivity contribution in [3.63, 3.8) is 0 Å². The largest absolute Gasteiger partial charge is 0.330 e. The van der Waals surface area contributed by atoms with Crippen LogP contribution >= 0.6 is 0 Å². The standard InChI is InChI=1S/C20H28N4O3/c1-13(6-8-21)7-9-22-11-14-2-3-16-15(10-14)12-24(20(16)27)17-4-5-18(25)23-19(17)26/h2-3,10,13,17,22H,4-9,11-12,21H2,1H3,(H,23,25,26)/t13-,17?/m0/s1. The average Bonchev–Trinajstić information content (AvgIpc) is 2.95. The Labute approximate surface area is 159 Å².